The number of aromatic nitrogens is 2. The first-order chi connectivity index (χ1) is 9.70. The van der Waals surface area contributed by atoms with Crippen molar-refractivity contribution in [3.63, 3.8) is 0 Å². The van der Waals surface area contributed by atoms with E-state index in [9.17, 15) is 5.11 Å². The highest BCUT2D eigenvalue weighted by atomic mass is 16.5. The van der Waals surface area contributed by atoms with E-state index in [4.69, 9.17) is 4.74 Å². The average Bonchev–Trinajstić information content (AvgIpc) is 2.88. The summed E-state index contributed by atoms with van der Waals surface area (Å²) in [6, 6.07) is 7.69. The highest BCUT2D eigenvalue weighted by Crippen LogP contribution is 2.22. The molecular formula is C16H22N2O2. The molecule has 1 atom stereocenters. The van der Waals surface area contributed by atoms with Crippen LogP contribution in [0.3, 0.4) is 0 Å². The minimum Gasteiger partial charge on any atom is -0.494 e. The molecule has 0 aliphatic heterocycles. The molecule has 108 valence electrons. The van der Waals surface area contributed by atoms with Crippen molar-refractivity contribution in [2.75, 3.05) is 6.61 Å². The Kier molecular flexibility index (Phi) is 5.18. The zero-order valence-corrected chi connectivity index (χ0v) is 12.1. The van der Waals surface area contributed by atoms with E-state index < -0.39 is 6.10 Å². The van der Waals surface area contributed by atoms with Crippen LogP contribution in [0.5, 0.6) is 5.75 Å². The molecule has 4 nitrogen and oxygen atoms in total. The smallest absolute Gasteiger partial charge is 0.119 e. The first-order valence-electron chi connectivity index (χ1n) is 7.07. The van der Waals surface area contributed by atoms with Crippen molar-refractivity contribution in [3.8, 4) is 5.75 Å². The SMILES string of the molecule is CCCOc1cccc(C(O)CCc2nccn2C)c1. The van der Waals surface area contributed by atoms with Gasteiger partial charge in [0.2, 0.25) is 0 Å². The summed E-state index contributed by atoms with van der Waals surface area (Å²) in [6.45, 7) is 2.78. The zero-order chi connectivity index (χ0) is 14.4. The van der Waals surface area contributed by atoms with Crippen molar-refractivity contribution in [2.45, 2.75) is 32.3 Å². The molecule has 0 amide bonds. The van der Waals surface area contributed by atoms with Gasteiger partial charge in [-0.15, -0.1) is 0 Å². The van der Waals surface area contributed by atoms with Gasteiger partial charge in [-0.1, -0.05) is 19.1 Å². The molecule has 20 heavy (non-hydrogen) atoms. The van der Waals surface area contributed by atoms with Crippen molar-refractivity contribution >= 4 is 0 Å². The van der Waals surface area contributed by atoms with Gasteiger partial charge in [0.25, 0.3) is 0 Å². The predicted octanol–water partition coefficient (Wildman–Crippen LogP) is 2.88. The number of hydrogen-bond donors (Lipinski definition) is 1. The molecule has 1 unspecified atom stereocenters. The van der Waals surface area contributed by atoms with Crippen LogP contribution >= 0.6 is 0 Å². The maximum Gasteiger partial charge on any atom is 0.119 e. The molecule has 1 aromatic heterocycles. The summed E-state index contributed by atoms with van der Waals surface area (Å²) in [5, 5.41) is 10.3. The van der Waals surface area contributed by atoms with Gasteiger partial charge in [-0.2, -0.15) is 0 Å². The van der Waals surface area contributed by atoms with E-state index in [2.05, 4.69) is 11.9 Å². The van der Waals surface area contributed by atoms with E-state index in [0.717, 1.165) is 30.0 Å². The van der Waals surface area contributed by atoms with Gasteiger partial charge in [0.1, 0.15) is 11.6 Å². The zero-order valence-electron chi connectivity index (χ0n) is 12.1. The van der Waals surface area contributed by atoms with Crippen LogP contribution in [0.25, 0.3) is 0 Å². The van der Waals surface area contributed by atoms with E-state index in [0.29, 0.717) is 13.0 Å². The molecule has 2 rings (SSSR count). The Morgan fingerprint density at radius 3 is 2.95 bits per heavy atom. The minimum atomic E-state index is -0.489. The van der Waals surface area contributed by atoms with Crippen LogP contribution in [0.2, 0.25) is 0 Å². The second-order valence-electron chi connectivity index (χ2n) is 4.93. The number of rotatable bonds is 7. The van der Waals surface area contributed by atoms with Gasteiger partial charge in [-0.25, -0.2) is 4.98 Å². The van der Waals surface area contributed by atoms with Crippen molar-refractivity contribution in [1.82, 2.24) is 9.55 Å². The number of aryl methyl sites for hydroxylation is 2. The van der Waals surface area contributed by atoms with Gasteiger partial charge in [-0.05, 0) is 30.5 Å². The number of aliphatic hydroxyl groups is 1. The van der Waals surface area contributed by atoms with E-state index >= 15 is 0 Å². The third-order valence-electron chi connectivity index (χ3n) is 3.28. The molecule has 0 aliphatic carbocycles. The standard InChI is InChI=1S/C16H22N2O2/c1-3-11-20-14-6-4-5-13(12-14)15(19)7-8-16-17-9-10-18(16)2/h4-6,9-10,12,15,19H,3,7-8,11H2,1-2H3. The lowest BCUT2D eigenvalue weighted by atomic mass is 10.0. The monoisotopic (exact) mass is 274 g/mol. The minimum absolute atomic E-state index is 0.489. The van der Waals surface area contributed by atoms with E-state index in [1.165, 1.54) is 0 Å². The summed E-state index contributed by atoms with van der Waals surface area (Å²) < 4.78 is 7.57. The van der Waals surface area contributed by atoms with Crippen molar-refractivity contribution < 1.29 is 9.84 Å². The Bertz CT molecular complexity index is 537. The maximum atomic E-state index is 10.3. The molecule has 0 spiro atoms. The third-order valence-corrected chi connectivity index (χ3v) is 3.28. The number of ether oxygens (including phenoxy) is 1. The summed E-state index contributed by atoms with van der Waals surface area (Å²) in [5.41, 5.74) is 0.896. The van der Waals surface area contributed by atoms with Crippen molar-refractivity contribution in [2.24, 2.45) is 7.05 Å². The van der Waals surface area contributed by atoms with E-state index in [-0.39, 0.29) is 0 Å². The Labute approximate surface area is 120 Å². The van der Waals surface area contributed by atoms with Gasteiger partial charge in [0, 0.05) is 25.9 Å². The van der Waals surface area contributed by atoms with Crippen LogP contribution in [0.4, 0.5) is 0 Å². The summed E-state index contributed by atoms with van der Waals surface area (Å²) in [4.78, 5) is 4.27. The maximum absolute atomic E-state index is 10.3. The van der Waals surface area contributed by atoms with Crippen LogP contribution in [-0.4, -0.2) is 21.3 Å². The molecule has 4 heteroatoms. The van der Waals surface area contributed by atoms with Gasteiger partial charge >= 0.3 is 0 Å². The highest BCUT2D eigenvalue weighted by molar-refractivity contribution is 5.29. The van der Waals surface area contributed by atoms with Crippen LogP contribution in [-0.2, 0) is 13.5 Å². The normalized spacial score (nSPS) is 12.3. The molecule has 1 N–H and O–H groups in total. The van der Waals surface area contributed by atoms with Gasteiger partial charge in [0.15, 0.2) is 0 Å². The summed E-state index contributed by atoms with van der Waals surface area (Å²) in [7, 11) is 1.97. The lowest BCUT2D eigenvalue weighted by Crippen LogP contribution is -2.04. The third kappa shape index (κ3) is 3.84. The fourth-order valence-electron chi connectivity index (χ4n) is 2.10. The van der Waals surface area contributed by atoms with E-state index in [1.54, 1.807) is 6.20 Å². The molecule has 2 aromatic rings. The molecule has 1 heterocycles. The highest BCUT2D eigenvalue weighted by Gasteiger charge is 2.10. The van der Waals surface area contributed by atoms with Gasteiger partial charge in [0.05, 0.1) is 12.7 Å². The summed E-state index contributed by atoms with van der Waals surface area (Å²) in [6.07, 6.45) is 5.59. The Balaban J connectivity index is 1.94. The number of hydrogen-bond acceptors (Lipinski definition) is 3. The second kappa shape index (κ2) is 7.10. The van der Waals surface area contributed by atoms with Gasteiger partial charge in [-0.3, -0.25) is 0 Å². The molecule has 0 fully saturated rings. The molecule has 0 bridgehead atoms. The molecule has 0 radical (unpaired) electrons. The fraction of sp³-hybridized carbons (Fsp3) is 0.438. The predicted molar refractivity (Wildman–Crippen MR) is 78.7 cm³/mol. The first kappa shape index (κ1) is 14.6. The summed E-state index contributed by atoms with van der Waals surface area (Å²) in [5.74, 6) is 1.81. The van der Waals surface area contributed by atoms with E-state index in [1.807, 2.05) is 42.1 Å². The number of nitrogens with zero attached hydrogens (tertiary/aromatic N) is 2. The van der Waals surface area contributed by atoms with Crippen LogP contribution in [0.1, 0.15) is 37.3 Å². The summed E-state index contributed by atoms with van der Waals surface area (Å²) >= 11 is 0. The average molecular weight is 274 g/mol. The molecular weight excluding hydrogens is 252 g/mol. The Morgan fingerprint density at radius 2 is 2.25 bits per heavy atom. The van der Waals surface area contributed by atoms with Crippen molar-refractivity contribution in [3.05, 3.63) is 48.0 Å². The molecule has 1 aromatic carbocycles. The number of benzene rings is 1. The Morgan fingerprint density at radius 1 is 1.40 bits per heavy atom. The second-order valence-corrected chi connectivity index (χ2v) is 4.93. The van der Waals surface area contributed by atoms with Crippen LogP contribution in [0, 0.1) is 0 Å². The lowest BCUT2D eigenvalue weighted by molar-refractivity contribution is 0.166. The molecule has 0 saturated carbocycles. The number of aliphatic hydroxyl groups excluding tert-OH is 1. The Hall–Kier alpha value is -1.81. The molecule has 0 aliphatic rings. The fourth-order valence-corrected chi connectivity index (χ4v) is 2.10. The van der Waals surface area contributed by atoms with Crippen LogP contribution in [0.15, 0.2) is 36.7 Å². The number of imidazole rings is 1. The first-order valence-corrected chi connectivity index (χ1v) is 7.07. The lowest BCUT2D eigenvalue weighted by Gasteiger charge is -2.12. The largest absolute Gasteiger partial charge is 0.494 e. The molecule has 0 saturated heterocycles. The topological polar surface area (TPSA) is 47.3 Å². The van der Waals surface area contributed by atoms with Gasteiger partial charge < -0.3 is 14.4 Å². The van der Waals surface area contributed by atoms with Crippen LogP contribution < -0.4 is 4.74 Å². The quantitative estimate of drug-likeness (QED) is 0.844. The van der Waals surface area contributed by atoms with Crippen molar-refractivity contribution in [1.29, 1.82) is 0 Å².